The molecule has 0 radical (unpaired) electrons. The number of piperidine rings is 1. The Bertz CT molecular complexity index is 1320. The molecule has 2 aromatic carbocycles. The molecule has 37 heavy (non-hydrogen) atoms. The topological polar surface area (TPSA) is 45.7 Å². The third-order valence-electron chi connectivity index (χ3n) is 8.03. The van der Waals surface area contributed by atoms with Crippen LogP contribution in [0.1, 0.15) is 59.5 Å². The highest BCUT2D eigenvalue weighted by molar-refractivity contribution is 5.79. The Hall–Kier alpha value is -3.23. The number of rotatable bonds is 5. The number of carbonyl (C=O) groups excluding carboxylic acids is 1. The number of benzene rings is 2. The van der Waals surface area contributed by atoms with Crippen LogP contribution < -0.4 is 0 Å². The van der Waals surface area contributed by atoms with Crippen LogP contribution in [0.25, 0.3) is 0 Å². The lowest BCUT2D eigenvalue weighted by Crippen LogP contribution is -2.42. The van der Waals surface area contributed by atoms with Crippen LogP contribution in [-0.2, 0) is 28.3 Å². The van der Waals surface area contributed by atoms with E-state index >= 15 is 0 Å². The summed E-state index contributed by atoms with van der Waals surface area (Å²) in [5.74, 6) is -3.35. The average molecular weight is 508 g/mol. The Morgan fingerprint density at radius 2 is 1.73 bits per heavy atom. The summed E-state index contributed by atoms with van der Waals surface area (Å²) < 4.78 is 48.7. The van der Waals surface area contributed by atoms with Crippen LogP contribution in [0.3, 0.4) is 0 Å². The van der Waals surface area contributed by atoms with Crippen LogP contribution in [0.2, 0.25) is 0 Å². The molecule has 3 aliphatic rings. The van der Waals surface area contributed by atoms with Gasteiger partial charge < -0.3 is 9.64 Å². The highest BCUT2D eigenvalue weighted by Gasteiger charge is 2.42. The first-order chi connectivity index (χ1) is 17.9. The third-order valence-corrected chi connectivity index (χ3v) is 8.03. The molecule has 3 aliphatic heterocycles. The van der Waals surface area contributed by atoms with Gasteiger partial charge in [0.1, 0.15) is 5.82 Å². The van der Waals surface area contributed by atoms with Crippen molar-refractivity contribution in [3.63, 3.8) is 0 Å². The highest BCUT2D eigenvalue weighted by Crippen LogP contribution is 2.44. The number of hydrogen-bond donors (Lipinski definition) is 0. The van der Waals surface area contributed by atoms with Gasteiger partial charge in [-0.05, 0) is 48.1 Å². The molecule has 0 bridgehead atoms. The second-order valence-electron chi connectivity index (χ2n) is 10.2. The second-order valence-corrected chi connectivity index (χ2v) is 10.2. The zero-order valence-electron chi connectivity index (χ0n) is 20.4. The molecule has 1 aromatic heterocycles. The number of nitrogens with zero attached hydrogens (tertiary/aromatic N) is 3. The molecule has 6 rings (SSSR count). The average Bonchev–Trinajstić information content (AvgIpc) is 3.49. The Morgan fingerprint density at radius 3 is 2.46 bits per heavy atom. The molecule has 2 fully saturated rings. The Balaban J connectivity index is 1.19. The van der Waals surface area contributed by atoms with Crippen LogP contribution in [0.15, 0.2) is 54.9 Å². The fraction of sp³-hybridized carbons (Fsp3) is 0.379. The largest absolute Gasteiger partial charge is 0.365 e. The number of aromatic nitrogens is 1. The SMILES string of the molecule is O=C1CCCN1C(c1ccc(CN2CCC3(CC2)OCc2ccncc23)cc1)c1cc(F)c(F)cc1F. The molecule has 5 nitrogen and oxygen atoms in total. The van der Waals surface area contributed by atoms with E-state index in [1.165, 1.54) is 11.1 Å². The van der Waals surface area contributed by atoms with Crippen LogP contribution >= 0.6 is 0 Å². The molecular formula is C29H28F3N3O2. The van der Waals surface area contributed by atoms with Crippen molar-refractivity contribution >= 4 is 5.91 Å². The summed E-state index contributed by atoms with van der Waals surface area (Å²) in [4.78, 5) is 20.8. The Morgan fingerprint density at radius 1 is 0.973 bits per heavy atom. The monoisotopic (exact) mass is 507 g/mol. The summed E-state index contributed by atoms with van der Waals surface area (Å²) in [7, 11) is 0. The van der Waals surface area contributed by atoms with E-state index in [-0.39, 0.29) is 17.1 Å². The lowest BCUT2D eigenvalue weighted by molar-refractivity contribution is -0.129. The minimum absolute atomic E-state index is 0.0328. The van der Waals surface area contributed by atoms with Crippen molar-refractivity contribution in [2.45, 2.75) is 50.5 Å². The minimum atomic E-state index is -1.24. The lowest BCUT2D eigenvalue weighted by atomic mass is 9.84. The maximum absolute atomic E-state index is 14.8. The first kappa shape index (κ1) is 24.1. The highest BCUT2D eigenvalue weighted by atomic mass is 19.2. The van der Waals surface area contributed by atoms with Crippen LogP contribution in [-0.4, -0.2) is 40.3 Å². The number of fused-ring (bicyclic) bond motifs is 2. The van der Waals surface area contributed by atoms with E-state index in [0.717, 1.165) is 44.1 Å². The maximum atomic E-state index is 14.8. The number of ether oxygens (including phenoxy) is 1. The summed E-state index contributed by atoms with van der Waals surface area (Å²) in [6, 6.07) is 10.3. The molecule has 1 atom stereocenters. The molecule has 8 heteroatoms. The number of likely N-dealkylation sites (tertiary alicyclic amines) is 2. The zero-order chi connectivity index (χ0) is 25.6. The summed E-state index contributed by atoms with van der Waals surface area (Å²) in [5, 5.41) is 0. The van der Waals surface area contributed by atoms with Crippen molar-refractivity contribution in [1.82, 2.24) is 14.8 Å². The molecule has 0 aliphatic carbocycles. The lowest BCUT2D eigenvalue weighted by Gasteiger charge is -2.39. The van der Waals surface area contributed by atoms with Gasteiger partial charge in [0.15, 0.2) is 11.6 Å². The maximum Gasteiger partial charge on any atom is 0.223 e. The van der Waals surface area contributed by atoms with Crippen molar-refractivity contribution in [3.8, 4) is 0 Å². The van der Waals surface area contributed by atoms with Crippen LogP contribution in [0.4, 0.5) is 13.2 Å². The fourth-order valence-electron chi connectivity index (χ4n) is 6.02. The Kier molecular flexibility index (Phi) is 6.24. The molecule has 3 aromatic rings. The van der Waals surface area contributed by atoms with Gasteiger partial charge in [-0.1, -0.05) is 24.3 Å². The summed E-state index contributed by atoms with van der Waals surface area (Å²) in [5.41, 5.74) is 3.92. The number of pyridine rings is 1. The van der Waals surface area contributed by atoms with E-state index in [1.807, 2.05) is 42.7 Å². The van der Waals surface area contributed by atoms with Gasteiger partial charge in [0, 0.05) is 62.2 Å². The fourth-order valence-corrected chi connectivity index (χ4v) is 6.02. The van der Waals surface area contributed by atoms with E-state index in [2.05, 4.69) is 9.88 Å². The number of hydrogen-bond acceptors (Lipinski definition) is 4. The van der Waals surface area contributed by atoms with Gasteiger partial charge in [-0.2, -0.15) is 0 Å². The van der Waals surface area contributed by atoms with E-state index in [1.54, 1.807) is 4.90 Å². The van der Waals surface area contributed by atoms with E-state index < -0.39 is 23.5 Å². The molecule has 0 N–H and O–H groups in total. The molecule has 1 unspecified atom stereocenters. The number of amides is 1. The summed E-state index contributed by atoms with van der Waals surface area (Å²) in [6.45, 7) is 3.61. The Labute approximate surface area is 213 Å². The van der Waals surface area contributed by atoms with E-state index in [9.17, 15) is 18.0 Å². The molecule has 1 amide bonds. The first-order valence-electron chi connectivity index (χ1n) is 12.8. The van der Waals surface area contributed by atoms with E-state index in [0.29, 0.717) is 37.6 Å². The molecule has 1 spiro atoms. The third kappa shape index (κ3) is 4.42. The van der Waals surface area contributed by atoms with Gasteiger partial charge >= 0.3 is 0 Å². The van der Waals surface area contributed by atoms with Crippen molar-refractivity contribution in [1.29, 1.82) is 0 Å². The molecule has 2 saturated heterocycles. The van der Waals surface area contributed by atoms with Crippen molar-refractivity contribution < 1.29 is 22.7 Å². The summed E-state index contributed by atoms with van der Waals surface area (Å²) >= 11 is 0. The van der Waals surface area contributed by atoms with E-state index in [4.69, 9.17) is 4.74 Å². The predicted octanol–water partition coefficient (Wildman–Crippen LogP) is 5.23. The number of carbonyl (C=O) groups is 1. The standard InChI is InChI=1S/C29H28F3N3O2/c30-24-15-26(32)25(31)14-22(24)28(35-11-1-2-27(35)36)20-5-3-19(4-6-20)17-34-12-8-29(9-13-34)23-16-33-10-7-21(23)18-37-29/h3-7,10,14-16,28H,1-2,8-9,11-13,17-18H2. The molecule has 4 heterocycles. The van der Waals surface area contributed by atoms with Crippen molar-refractivity contribution in [3.05, 3.63) is 100 Å². The smallest absolute Gasteiger partial charge is 0.223 e. The zero-order valence-corrected chi connectivity index (χ0v) is 20.4. The van der Waals surface area contributed by atoms with Gasteiger partial charge in [0.2, 0.25) is 5.91 Å². The van der Waals surface area contributed by atoms with Gasteiger partial charge in [0.05, 0.1) is 18.2 Å². The molecule has 0 saturated carbocycles. The molecular weight excluding hydrogens is 479 g/mol. The van der Waals surface area contributed by atoms with Crippen molar-refractivity contribution in [2.75, 3.05) is 19.6 Å². The first-order valence-corrected chi connectivity index (χ1v) is 12.8. The molecule has 192 valence electrons. The van der Waals surface area contributed by atoms with Crippen molar-refractivity contribution in [2.24, 2.45) is 0 Å². The van der Waals surface area contributed by atoms with Gasteiger partial charge in [-0.3, -0.25) is 14.7 Å². The van der Waals surface area contributed by atoms with Crippen LogP contribution in [0.5, 0.6) is 0 Å². The summed E-state index contributed by atoms with van der Waals surface area (Å²) in [6.07, 6.45) is 6.57. The quantitative estimate of drug-likeness (QED) is 0.444. The van der Waals surface area contributed by atoms with Gasteiger partial charge in [-0.25, -0.2) is 13.2 Å². The van der Waals surface area contributed by atoms with Crippen LogP contribution in [0, 0.1) is 17.5 Å². The van der Waals surface area contributed by atoms with Gasteiger partial charge in [-0.15, -0.1) is 0 Å². The normalized spacial score (nSPS) is 20.0. The number of halogens is 3. The second kappa shape index (κ2) is 9.58. The minimum Gasteiger partial charge on any atom is -0.365 e. The van der Waals surface area contributed by atoms with Gasteiger partial charge in [0.25, 0.3) is 0 Å². The predicted molar refractivity (Wildman–Crippen MR) is 131 cm³/mol.